The van der Waals surface area contributed by atoms with Gasteiger partial charge < -0.3 is 33.8 Å². The van der Waals surface area contributed by atoms with Gasteiger partial charge in [-0.15, -0.1) is 0 Å². The Balaban J connectivity index is 5.22. The molecule has 516 valence electrons. The second-order valence-corrected chi connectivity index (χ2v) is 28.4. The molecule has 0 aromatic rings. The Morgan fingerprint density at radius 2 is 0.529 bits per heavy atom. The number of aliphatic hydroxyl groups is 1. The minimum absolute atomic E-state index is 0.103. The van der Waals surface area contributed by atoms with Gasteiger partial charge >= 0.3 is 39.5 Å². The van der Waals surface area contributed by atoms with Gasteiger partial charge in [-0.3, -0.25) is 37.3 Å². The highest BCUT2D eigenvalue weighted by Crippen LogP contribution is 2.45. The van der Waals surface area contributed by atoms with Crippen LogP contribution in [-0.4, -0.2) is 96.7 Å². The van der Waals surface area contributed by atoms with E-state index in [0.29, 0.717) is 31.6 Å². The monoisotopic (exact) mass is 1280 g/mol. The highest BCUT2D eigenvalue weighted by atomic mass is 31.2. The molecule has 0 aromatic heterocycles. The molecule has 87 heavy (non-hydrogen) atoms. The lowest BCUT2D eigenvalue weighted by atomic mass is 10.0. The summed E-state index contributed by atoms with van der Waals surface area (Å²) in [5.74, 6) is -0.658. The second kappa shape index (κ2) is 60.3. The Hall–Kier alpha value is -1.94. The van der Waals surface area contributed by atoms with Crippen LogP contribution in [0.3, 0.4) is 0 Å². The summed E-state index contributed by atoms with van der Waals surface area (Å²) in [4.78, 5) is 72.3. The van der Waals surface area contributed by atoms with E-state index in [-0.39, 0.29) is 25.7 Å². The molecule has 0 amide bonds. The number of unbranched alkanes of at least 4 members (excludes halogenated alkanes) is 37. The van der Waals surface area contributed by atoms with Crippen molar-refractivity contribution in [3.05, 3.63) is 0 Å². The third-order valence-electron chi connectivity index (χ3n) is 15.7. The first-order chi connectivity index (χ1) is 41.9. The van der Waals surface area contributed by atoms with Crippen molar-refractivity contribution in [2.24, 2.45) is 11.8 Å². The zero-order valence-electron chi connectivity index (χ0n) is 56.3. The lowest BCUT2D eigenvalue weighted by molar-refractivity contribution is -0.161. The van der Waals surface area contributed by atoms with Crippen molar-refractivity contribution >= 4 is 39.5 Å². The van der Waals surface area contributed by atoms with Crippen LogP contribution in [0, 0.1) is 11.8 Å². The van der Waals surface area contributed by atoms with Crippen LogP contribution in [0.15, 0.2) is 0 Å². The van der Waals surface area contributed by atoms with Crippen LogP contribution in [0.25, 0.3) is 0 Å². The summed E-state index contributed by atoms with van der Waals surface area (Å²) < 4.78 is 68.1. The average Bonchev–Trinajstić information content (AvgIpc) is 3.54. The Kier molecular flexibility index (Phi) is 59.0. The molecule has 17 nitrogen and oxygen atoms in total. The van der Waals surface area contributed by atoms with E-state index < -0.39 is 97.5 Å². The van der Waals surface area contributed by atoms with Crippen molar-refractivity contribution in [2.45, 2.75) is 362 Å². The summed E-state index contributed by atoms with van der Waals surface area (Å²) in [6, 6.07) is 0. The molecular formula is C68H132O17P2. The summed E-state index contributed by atoms with van der Waals surface area (Å²) >= 11 is 0. The van der Waals surface area contributed by atoms with Gasteiger partial charge in [0.1, 0.15) is 19.3 Å². The lowest BCUT2D eigenvalue weighted by Gasteiger charge is -2.21. The summed E-state index contributed by atoms with van der Waals surface area (Å²) in [7, 11) is -9.89. The standard InChI is InChI=1S/C68H132O17P2/c1-7-9-11-13-15-17-18-19-20-24-27-33-39-45-51-66(71)79-57-63(84-67(72)52-46-40-34-28-25-22-21-23-26-30-36-42-48-60(3)4)58-82-86(74,75)80-54-62(69)55-81-87(76,77)83-59-64(56-78-65(70)50-44-38-32-16-14-12-10-8-2)85-68(73)53-47-41-35-29-31-37-43-49-61(5)6/h60-64,69H,7-59H2,1-6H3,(H,74,75)(H,76,77)/t62-,63-,64-/m1/s1. The van der Waals surface area contributed by atoms with E-state index >= 15 is 0 Å². The molecule has 0 radical (unpaired) electrons. The predicted octanol–water partition coefficient (Wildman–Crippen LogP) is 19.2. The molecule has 0 rings (SSSR count). The zero-order valence-corrected chi connectivity index (χ0v) is 58.1. The first-order valence-corrected chi connectivity index (χ1v) is 38.5. The number of phosphoric acid groups is 2. The van der Waals surface area contributed by atoms with Crippen molar-refractivity contribution < 1.29 is 80.2 Å². The molecule has 2 unspecified atom stereocenters. The maximum Gasteiger partial charge on any atom is 0.472 e. The number of carbonyl (C=O) groups is 4. The summed E-state index contributed by atoms with van der Waals surface area (Å²) in [6.07, 6.45) is 44.5. The van der Waals surface area contributed by atoms with Gasteiger partial charge in [0.25, 0.3) is 0 Å². The van der Waals surface area contributed by atoms with Gasteiger partial charge in [0.15, 0.2) is 12.2 Å². The number of aliphatic hydroxyl groups excluding tert-OH is 1. The third kappa shape index (κ3) is 62.6. The summed E-state index contributed by atoms with van der Waals surface area (Å²) in [6.45, 7) is 9.45. The maximum absolute atomic E-state index is 13.0. The molecule has 19 heteroatoms. The third-order valence-corrected chi connectivity index (χ3v) is 17.6. The van der Waals surface area contributed by atoms with Crippen LogP contribution in [0.2, 0.25) is 0 Å². The first kappa shape index (κ1) is 85.1. The van der Waals surface area contributed by atoms with Crippen LogP contribution in [0.1, 0.15) is 343 Å². The molecule has 0 fully saturated rings. The number of esters is 4. The molecule has 0 spiro atoms. The molecule has 0 aromatic carbocycles. The quantitative estimate of drug-likeness (QED) is 0.0222. The highest BCUT2D eigenvalue weighted by Gasteiger charge is 2.30. The van der Waals surface area contributed by atoms with E-state index in [2.05, 4.69) is 41.5 Å². The molecule has 5 atom stereocenters. The van der Waals surface area contributed by atoms with Crippen LogP contribution in [0.5, 0.6) is 0 Å². The van der Waals surface area contributed by atoms with Gasteiger partial charge in [0, 0.05) is 25.7 Å². The average molecular weight is 1280 g/mol. The Morgan fingerprint density at radius 1 is 0.310 bits per heavy atom. The minimum Gasteiger partial charge on any atom is -0.462 e. The van der Waals surface area contributed by atoms with Gasteiger partial charge in [0.2, 0.25) is 0 Å². The number of hydrogen-bond donors (Lipinski definition) is 3. The molecule has 0 aliphatic carbocycles. The number of rotatable bonds is 67. The molecule has 3 N–H and O–H groups in total. The maximum atomic E-state index is 13.0. The molecule has 0 heterocycles. The predicted molar refractivity (Wildman–Crippen MR) is 349 cm³/mol. The van der Waals surface area contributed by atoms with E-state index in [4.69, 9.17) is 37.0 Å². The molecule has 0 aliphatic rings. The molecule has 0 bridgehead atoms. The van der Waals surface area contributed by atoms with Crippen LogP contribution < -0.4 is 0 Å². The number of phosphoric ester groups is 2. The lowest BCUT2D eigenvalue weighted by Crippen LogP contribution is -2.30. The van der Waals surface area contributed by atoms with Crippen molar-refractivity contribution in [1.29, 1.82) is 0 Å². The topological polar surface area (TPSA) is 237 Å². The minimum atomic E-state index is -4.95. The number of hydrogen-bond acceptors (Lipinski definition) is 15. The SMILES string of the molecule is CCCCCCCCCCCCCCCCC(=O)OC[C@H](COP(=O)(O)OC[C@@H](O)COP(=O)(O)OC[C@@H](COC(=O)CCCCCCCCCC)OC(=O)CCCCCCCCCC(C)C)OC(=O)CCCCCCCCCCCCCCC(C)C. The summed E-state index contributed by atoms with van der Waals surface area (Å²) in [5.41, 5.74) is 0. The molecular weight excluding hydrogens is 1150 g/mol. The van der Waals surface area contributed by atoms with E-state index in [9.17, 15) is 43.2 Å². The molecule has 0 saturated carbocycles. The molecule has 0 saturated heterocycles. The van der Waals surface area contributed by atoms with Crippen molar-refractivity contribution in [3.63, 3.8) is 0 Å². The highest BCUT2D eigenvalue weighted by molar-refractivity contribution is 7.47. The largest absolute Gasteiger partial charge is 0.472 e. The number of carbonyl (C=O) groups excluding carboxylic acids is 4. The Labute approximate surface area is 530 Å². The van der Waals surface area contributed by atoms with Crippen molar-refractivity contribution in [2.75, 3.05) is 39.6 Å². The van der Waals surface area contributed by atoms with Crippen molar-refractivity contribution in [1.82, 2.24) is 0 Å². The zero-order chi connectivity index (χ0) is 64.3. The second-order valence-electron chi connectivity index (χ2n) is 25.5. The van der Waals surface area contributed by atoms with Gasteiger partial charge in [-0.1, -0.05) is 292 Å². The van der Waals surface area contributed by atoms with Crippen LogP contribution in [-0.2, 0) is 65.4 Å². The van der Waals surface area contributed by atoms with E-state index in [1.807, 2.05) is 0 Å². The number of ether oxygens (including phenoxy) is 4. The fourth-order valence-electron chi connectivity index (χ4n) is 10.2. The van der Waals surface area contributed by atoms with Gasteiger partial charge in [0.05, 0.1) is 26.4 Å². The normalized spacial score (nSPS) is 14.2. The first-order valence-electron chi connectivity index (χ1n) is 35.5. The summed E-state index contributed by atoms with van der Waals surface area (Å²) in [5, 5.41) is 10.6. The van der Waals surface area contributed by atoms with Gasteiger partial charge in [-0.2, -0.15) is 0 Å². The Morgan fingerprint density at radius 3 is 0.782 bits per heavy atom. The van der Waals surface area contributed by atoms with Gasteiger partial charge in [-0.25, -0.2) is 9.13 Å². The van der Waals surface area contributed by atoms with Crippen LogP contribution >= 0.6 is 15.6 Å². The van der Waals surface area contributed by atoms with Gasteiger partial charge in [-0.05, 0) is 37.5 Å². The van der Waals surface area contributed by atoms with Crippen LogP contribution in [0.4, 0.5) is 0 Å². The Bertz CT molecular complexity index is 1700. The fraction of sp³-hybridized carbons (Fsp3) is 0.941. The van der Waals surface area contributed by atoms with E-state index in [1.54, 1.807) is 0 Å². The fourth-order valence-corrected chi connectivity index (χ4v) is 11.8. The van der Waals surface area contributed by atoms with E-state index in [1.165, 1.54) is 154 Å². The van der Waals surface area contributed by atoms with Crippen molar-refractivity contribution in [3.8, 4) is 0 Å². The van der Waals surface area contributed by atoms with E-state index in [0.717, 1.165) is 102 Å². The molecule has 0 aliphatic heterocycles. The smallest absolute Gasteiger partial charge is 0.462 e.